The van der Waals surface area contributed by atoms with Gasteiger partial charge < -0.3 is 10.8 Å². The van der Waals surface area contributed by atoms with Crippen molar-refractivity contribution >= 4 is 29.1 Å². The van der Waals surface area contributed by atoms with Gasteiger partial charge in [-0.1, -0.05) is 42.5 Å². The lowest BCUT2D eigenvalue weighted by Crippen LogP contribution is -2.26. The standard InChI is InChI=1S/C14H15NO2.ClH/c15-13(9-14(16)17)8-10-5-6-11-3-1-2-4-12(11)7-10;/h1-7,13H,8-9,15H2,(H,16,17);1H/t13-;/m0./s1. The van der Waals surface area contributed by atoms with Crippen LogP contribution in [0, 0.1) is 0 Å². The Bertz CT molecular complexity index is 542. The summed E-state index contributed by atoms with van der Waals surface area (Å²) >= 11 is 0. The molecule has 1 atom stereocenters. The first-order valence-corrected chi connectivity index (χ1v) is 5.60. The Balaban J connectivity index is 0.00000162. The second-order valence-corrected chi connectivity index (χ2v) is 4.24. The number of hydrogen-bond acceptors (Lipinski definition) is 2. The zero-order valence-corrected chi connectivity index (χ0v) is 10.7. The number of hydrogen-bond donors (Lipinski definition) is 2. The molecule has 0 unspecified atom stereocenters. The minimum atomic E-state index is -0.849. The molecule has 2 aromatic carbocycles. The van der Waals surface area contributed by atoms with E-state index in [0.29, 0.717) is 6.42 Å². The van der Waals surface area contributed by atoms with E-state index >= 15 is 0 Å². The predicted molar refractivity (Wildman–Crippen MR) is 75.1 cm³/mol. The maximum absolute atomic E-state index is 10.5. The van der Waals surface area contributed by atoms with Crippen LogP contribution in [-0.4, -0.2) is 17.1 Å². The zero-order chi connectivity index (χ0) is 12.3. The van der Waals surface area contributed by atoms with Gasteiger partial charge >= 0.3 is 5.97 Å². The van der Waals surface area contributed by atoms with E-state index in [9.17, 15) is 4.79 Å². The molecule has 3 N–H and O–H groups in total. The Morgan fingerprint density at radius 2 is 1.83 bits per heavy atom. The van der Waals surface area contributed by atoms with Crippen LogP contribution >= 0.6 is 12.4 Å². The highest BCUT2D eigenvalue weighted by Crippen LogP contribution is 2.16. The Hall–Kier alpha value is -1.58. The van der Waals surface area contributed by atoms with Crippen molar-refractivity contribution in [2.75, 3.05) is 0 Å². The third kappa shape index (κ3) is 3.72. The van der Waals surface area contributed by atoms with Crippen molar-refractivity contribution in [3.63, 3.8) is 0 Å². The van der Waals surface area contributed by atoms with Gasteiger partial charge in [-0.25, -0.2) is 0 Å². The summed E-state index contributed by atoms with van der Waals surface area (Å²) < 4.78 is 0. The maximum atomic E-state index is 10.5. The van der Waals surface area contributed by atoms with Gasteiger partial charge in [-0.05, 0) is 22.8 Å². The summed E-state index contributed by atoms with van der Waals surface area (Å²) in [5, 5.41) is 11.0. The number of fused-ring (bicyclic) bond motifs is 1. The minimum Gasteiger partial charge on any atom is -0.481 e. The van der Waals surface area contributed by atoms with Crippen LogP contribution in [0.25, 0.3) is 10.8 Å². The molecule has 0 aliphatic carbocycles. The molecule has 96 valence electrons. The van der Waals surface area contributed by atoms with E-state index in [0.717, 1.165) is 10.9 Å². The lowest BCUT2D eigenvalue weighted by atomic mass is 10.0. The molecule has 0 spiro atoms. The van der Waals surface area contributed by atoms with E-state index in [4.69, 9.17) is 10.8 Å². The normalized spacial score (nSPS) is 11.8. The van der Waals surface area contributed by atoms with Gasteiger partial charge in [-0.2, -0.15) is 0 Å². The van der Waals surface area contributed by atoms with Gasteiger partial charge in [0.15, 0.2) is 0 Å². The molecular formula is C14H16ClNO2. The first kappa shape index (κ1) is 14.5. The van der Waals surface area contributed by atoms with Gasteiger partial charge in [-0.15, -0.1) is 12.4 Å². The van der Waals surface area contributed by atoms with Crippen LogP contribution in [0.1, 0.15) is 12.0 Å². The summed E-state index contributed by atoms with van der Waals surface area (Å²) in [5.74, 6) is -0.849. The summed E-state index contributed by atoms with van der Waals surface area (Å²) in [6, 6.07) is 13.9. The van der Waals surface area contributed by atoms with Gasteiger partial charge in [0.2, 0.25) is 0 Å². The number of aliphatic carboxylic acids is 1. The van der Waals surface area contributed by atoms with Gasteiger partial charge in [-0.3, -0.25) is 4.79 Å². The van der Waals surface area contributed by atoms with Crippen LogP contribution in [0.4, 0.5) is 0 Å². The fourth-order valence-corrected chi connectivity index (χ4v) is 1.96. The third-order valence-corrected chi connectivity index (χ3v) is 2.75. The molecule has 0 heterocycles. The molecule has 0 saturated carbocycles. The molecule has 0 aliphatic heterocycles. The number of rotatable bonds is 4. The summed E-state index contributed by atoms with van der Waals surface area (Å²) in [7, 11) is 0. The molecule has 0 aromatic heterocycles. The molecule has 18 heavy (non-hydrogen) atoms. The zero-order valence-electron chi connectivity index (χ0n) is 9.87. The quantitative estimate of drug-likeness (QED) is 0.893. The van der Waals surface area contributed by atoms with Crippen LogP contribution < -0.4 is 5.73 Å². The van der Waals surface area contributed by atoms with E-state index in [-0.39, 0.29) is 24.9 Å². The Labute approximate surface area is 112 Å². The number of halogens is 1. The SMILES string of the molecule is Cl.N[C@H](CC(=O)O)Cc1ccc2ccccc2c1. The van der Waals surface area contributed by atoms with E-state index in [2.05, 4.69) is 12.1 Å². The van der Waals surface area contributed by atoms with Gasteiger partial charge in [0.05, 0.1) is 6.42 Å². The summed E-state index contributed by atoms with van der Waals surface area (Å²) in [6.07, 6.45) is 0.601. The molecule has 4 heteroatoms. The Morgan fingerprint density at radius 3 is 2.50 bits per heavy atom. The van der Waals surface area contributed by atoms with Crippen molar-refractivity contribution in [1.82, 2.24) is 0 Å². The van der Waals surface area contributed by atoms with E-state index in [1.54, 1.807) is 0 Å². The Morgan fingerprint density at radius 1 is 1.17 bits per heavy atom. The Kier molecular flexibility index (Phi) is 5.13. The van der Waals surface area contributed by atoms with Crippen LogP contribution in [0.15, 0.2) is 42.5 Å². The highest BCUT2D eigenvalue weighted by Gasteiger charge is 2.08. The van der Waals surface area contributed by atoms with Crippen molar-refractivity contribution in [3.05, 3.63) is 48.0 Å². The van der Waals surface area contributed by atoms with E-state index in [1.165, 1.54) is 5.39 Å². The van der Waals surface area contributed by atoms with Crippen molar-refractivity contribution < 1.29 is 9.90 Å². The lowest BCUT2D eigenvalue weighted by Gasteiger charge is -2.09. The van der Waals surface area contributed by atoms with Crippen LogP contribution in [0.3, 0.4) is 0 Å². The number of carbonyl (C=O) groups is 1. The second kappa shape index (κ2) is 6.38. The molecule has 0 fully saturated rings. The highest BCUT2D eigenvalue weighted by molar-refractivity contribution is 5.85. The lowest BCUT2D eigenvalue weighted by molar-refractivity contribution is -0.137. The first-order valence-electron chi connectivity index (χ1n) is 5.60. The number of benzene rings is 2. The van der Waals surface area contributed by atoms with Crippen molar-refractivity contribution in [1.29, 1.82) is 0 Å². The number of carboxylic acids is 1. The molecule has 0 bridgehead atoms. The van der Waals surface area contributed by atoms with Crippen molar-refractivity contribution in [2.45, 2.75) is 18.9 Å². The smallest absolute Gasteiger partial charge is 0.304 e. The molecule has 2 rings (SSSR count). The fraction of sp³-hybridized carbons (Fsp3) is 0.214. The average Bonchev–Trinajstić information content (AvgIpc) is 2.27. The highest BCUT2D eigenvalue weighted by atomic mass is 35.5. The van der Waals surface area contributed by atoms with Crippen LogP contribution in [0.5, 0.6) is 0 Å². The maximum Gasteiger partial charge on any atom is 0.304 e. The average molecular weight is 266 g/mol. The van der Waals surface area contributed by atoms with Gasteiger partial charge in [0.25, 0.3) is 0 Å². The summed E-state index contributed by atoms with van der Waals surface area (Å²) in [6.45, 7) is 0. The third-order valence-electron chi connectivity index (χ3n) is 2.75. The monoisotopic (exact) mass is 265 g/mol. The largest absolute Gasteiger partial charge is 0.481 e. The summed E-state index contributed by atoms with van der Waals surface area (Å²) in [5.41, 5.74) is 6.85. The molecule has 3 nitrogen and oxygen atoms in total. The fourth-order valence-electron chi connectivity index (χ4n) is 1.96. The van der Waals surface area contributed by atoms with E-state index in [1.807, 2.05) is 30.3 Å². The first-order chi connectivity index (χ1) is 8.15. The minimum absolute atomic E-state index is 0. The van der Waals surface area contributed by atoms with Crippen LogP contribution in [-0.2, 0) is 11.2 Å². The molecule has 0 saturated heterocycles. The van der Waals surface area contributed by atoms with E-state index < -0.39 is 5.97 Å². The molecule has 0 radical (unpaired) electrons. The molecule has 2 aromatic rings. The molecular weight excluding hydrogens is 250 g/mol. The van der Waals surface area contributed by atoms with Gasteiger partial charge in [0, 0.05) is 6.04 Å². The molecule has 0 amide bonds. The van der Waals surface area contributed by atoms with Crippen LogP contribution in [0.2, 0.25) is 0 Å². The predicted octanol–water partition coefficient (Wildman–Crippen LogP) is 2.61. The number of carboxylic acid groups (broad SMARTS) is 1. The number of nitrogens with two attached hydrogens (primary N) is 1. The summed E-state index contributed by atoms with van der Waals surface area (Å²) in [4.78, 5) is 10.5. The van der Waals surface area contributed by atoms with Crippen molar-refractivity contribution in [2.24, 2.45) is 5.73 Å². The van der Waals surface area contributed by atoms with Crippen molar-refractivity contribution in [3.8, 4) is 0 Å². The molecule has 0 aliphatic rings. The van der Waals surface area contributed by atoms with Gasteiger partial charge in [0.1, 0.15) is 0 Å². The topological polar surface area (TPSA) is 63.3 Å². The second-order valence-electron chi connectivity index (χ2n) is 4.24.